The zero-order valence-electron chi connectivity index (χ0n) is 9.51. The highest BCUT2D eigenvalue weighted by Crippen LogP contribution is 2.19. The number of rotatable bonds is 4. The van der Waals surface area contributed by atoms with Crippen molar-refractivity contribution in [2.45, 2.75) is 12.8 Å². The maximum atomic E-state index is 10.5. The lowest BCUT2D eigenvalue weighted by Crippen LogP contribution is -2.02. The standard InChI is InChI=1S/C13H11BrN2O2/c14-10-3-1-9(2-4-10)11-7-8-15-12(16-11)5-6-13(17)18/h1-4,7-8H,5-6H2,(H,17,18). The van der Waals surface area contributed by atoms with Gasteiger partial charge < -0.3 is 5.11 Å². The molecular formula is C13H11BrN2O2. The summed E-state index contributed by atoms with van der Waals surface area (Å²) in [6.07, 6.45) is 2.05. The van der Waals surface area contributed by atoms with Crippen molar-refractivity contribution in [3.8, 4) is 11.3 Å². The highest BCUT2D eigenvalue weighted by molar-refractivity contribution is 9.10. The van der Waals surface area contributed by atoms with Gasteiger partial charge in [-0.05, 0) is 18.2 Å². The first-order valence-electron chi connectivity index (χ1n) is 5.45. The summed E-state index contributed by atoms with van der Waals surface area (Å²) in [5.74, 6) is -0.287. The van der Waals surface area contributed by atoms with Crippen LogP contribution in [0, 0.1) is 0 Å². The molecule has 5 heteroatoms. The normalized spacial score (nSPS) is 10.3. The number of carbonyl (C=O) groups is 1. The highest BCUT2D eigenvalue weighted by atomic mass is 79.9. The van der Waals surface area contributed by atoms with Crippen molar-refractivity contribution in [3.63, 3.8) is 0 Å². The minimum atomic E-state index is -0.840. The van der Waals surface area contributed by atoms with Gasteiger partial charge in [0, 0.05) is 22.7 Å². The number of aliphatic carboxylic acids is 1. The van der Waals surface area contributed by atoms with Crippen LogP contribution in [-0.2, 0) is 11.2 Å². The fourth-order valence-corrected chi connectivity index (χ4v) is 1.78. The number of nitrogens with zero attached hydrogens (tertiary/aromatic N) is 2. The van der Waals surface area contributed by atoms with E-state index in [0.29, 0.717) is 12.2 Å². The largest absolute Gasteiger partial charge is 0.481 e. The topological polar surface area (TPSA) is 63.1 Å². The molecule has 0 aliphatic heterocycles. The van der Waals surface area contributed by atoms with Crippen molar-refractivity contribution in [2.75, 3.05) is 0 Å². The van der Waals surface area contributed by atoms with E-state index < -0.39 is 5.97 Å². The lowest BCUT2D eigenvalue weighted by Gasteiger charge is -2.03. The third kappa shape index (κ3) is 3.37. The average Bonchev–Trinajstić information content (AvgIpc) is 2.37. The fourth-order valence-electron chi connectivity index (χ4n) is 1.52. The Morgan fingerprint density at radius 2 is 1.94 bits per heavy atom. The molecule has 92 valence electrons. The molecule has 2 rings (SSSR count). The summed E-state index contributed by atoms with van der Waals surface area (Å²) in [7, 11) is 0. The molecule has 18 heavy (non-hydrogen) atoms. The molecule has 0 fully saturated rings. The van der Waals surface area contributed by atoms with Gasteiger partial charge in [0.05, 0.1) is 12.1 Å². The maximum Gasteiger partial charge on any atom is 0.303 e. The van der Waals surface area contributed by atoms with Crippen LogP contribution in [0.2, 0.25) is 0 Å². The summed E-state index contributed by atoms with van der Waals surface area (Å²) in [6, 6.07) is 9.59. The van der Waals surface area contributed by atoms with Gasteiger partial charge in [0.15, 0.2) is 0 Å². The number of hydrogen-bond acceptors (Lipinski definition) is 3. The minimum absolute atomic E-state index is 0.0454. The van der Waals surface area contributed by atoms with E-state index in [-0.39, 0.29) is 6.42 Å². The van der Waals surface area contributed by atoms with Crippen molar-refractivity contribution in [2.24, 2.45) is 0 Å². The lowest BCUT2D eigenvalue weighted by atomic mass is 10.1. The second kappa shape index (κ2) is 5.73. The van der Waals surface area contributed by atoms with E-state index in [1.807, 2.05) is 30.3 Å². The highest BCUT2D eigenvalue weighted by Gasteiger charge is 2.04. The van der Waals surface area contributed by atoms with Crippen LogP contribution in [0.4, 0.5) is 0 Å². The van der Waals surface area contributed by atoms with E-state index >= 15 is 0 Å². The van der Waals surface area contributed by atoms with Crippen LogP contribution in [0.1, 0.15) is 12.2 Å². The number of carboxylic acids is 1. The van der Waals surface area contributed by atoms with Crippen LogP contribution in [-0.4, -0.2) is 21.0 Å². The summed E-state index contributed by atoms with van der Waals surface area (Å²) in [5, 5.41) is 8.63. The molecule has 0 bridgehead atoms. The van der Waals surface area contributed by atoms with Gasteiger partial charge in [0.25, 0.3) is 0 Å². The Labute approximate surface area is 113 Å². The molecule has 0 saturated heterocycles. The molecule has 0 amide bonds. The van der Waals surface area contributed by atoms with E-state index in [1.165, 1.54) is 0 Å². The zero-order chi connectivity index (χ0) is 13.0. The summed E-state index contributed by atoms with van der Waals surface area (Å²) in [5.41, 5.74) is 1.79. The first kappa shape index (κ1) is 12.7. The predicted octanol–water partition coefficient (Wildman–Crippen LogP) is 2.92. The summed E-state index contributed by atoms with van der Waals surface area (Å²) >= 11 is 3.38. The van der Waals surface area contributed by atoms with Gasteiger partial charge in [0.1, 0.15) is 5.82 Å². The Bertz CT molecular complexity index is 555. The summed E-state index contributed by atoms with van der Waals surface area (Å²) in [6.45, 7) is 0. The van der Waals surface area contributed by atoms with Crippen molar-refractivity contribution < 1.29 is 9.90 Å². The van der Waals surface area contributed by atoms with Crippen LogP contribution >= 0.6 is 15.9 Å². The quantitative estimate of drug-likeness (QED) is 0.943. The van der Waals surface area contributed by atoms with E-state index in [0.717, 1.165) is 15.7 Å². The van der Waals surface area contributed by atoms with Crippen molar-refractivity contribution >= 4 is 21.9 Å². The molecule has 1 heterocycles. The molecule has 0 aliphatic carbocycles. The van der Waals surface area contributed by atoms with Crippen LogP contribution in [0.5, 0.6) is 0 Å². The van der Waals surface area contributed by atoms with Gasteiger partial charge in [-0.2, -0.15) is 0 Å². The van der Waals surface area contributed by atoms with Crippen molar-refractivity contribution in [3.05, 3.63) is 46.8 Å². The zero-order valence-corrected chi connectivity index (χ0v) is 11.1. The molecule has 0 saturated carbocycles. The fraction of sp³-hybridized carbons (Fsp3) is 0.154. The number of carboxylic acid groups (broad SMARTS) is 1. The summed E-state index contributed by atoms with van der Waals surface area (Å²) < 4.78 is 1.01. The molecule has 4 nitrogen and oxygen atoms in total. The first-order valence-corrected chi connectivity index (χ1v) is 6.24. The molecule has 1 aromatic carbocycles. The van der Waals surface area contributed by atoms with Gasteiger partial charge in [0.2, 0.25) is 0 Å². The average molecular weight is 307 g/mol. The van der Waals surface area contributed by atoms with Crippen LogP contribution in [0.25, 0.3) is 11.3 Å². The number of aromatic nitrogens is 2. The molecule has 1 N–H and O–H groups in total. The number of aryl methyl sites for hydroxylation is 1. The van der Waals surface area contributed by atoms with Crippen LogP contribution in [0.3, 0.4) is 0 Å². The third-order valence-corrected chi connectivity index (χ3v) is 2.94. The molecule has 1 aromatic heterocycles. The van der Waals surface area contributed by atoms with E-state index in [2.05, 4.69) is 25.9 Å². The Kier molecular flexibility index (Phi) is 4.04. The molecule has 0 spiro atoms. The Morgan fingerprint density at radius 3 is 2.61 bits per heavy atom. The third-order valence-electron chi connectivity index (χ3n) is 2.41. The van der Waals surface area contributed by atoms with Gasteiger partial charge in [-0.3, -0.25) is 4.79 Å². The molecule has 0 radical (unpaired) electrons. The second-order valence-electron chi connectivity index (χ2n) is 3.76. The van der Waals surface area contributed by atoms with E-state index in [9.17, 15) is 4.79 Å². The van der Waals surface area contributed by atoms with Crippen LogP contribution in [0.15, 0.2) is 41.0 Å². The van der Waals surface area contributed by atoms with Gasteiger partial charge in [-0.1, -0.05) is 28.1 Å². The molecule has 0 atom stereocenters. The first-order chi connectivity index (χ1) is 8.65. The molecular weight excluding hydrogens is 296 g/mol. The smallest absolute Gasteiger partial charge is 0.303 e. The second-order valence-corrected chi connectivity index (χ2v) is 4.67. The van der Waals surface area contributed by atoms with Gasteiger partial charge in [-0.15, -0.1) is 0 Å². The lowest BCUT2D eigenvalue weighted by molar-refractivity contribution is -0.137. The Hall–Kier alpha value is -1.75. The van der Waals surface area contributed by atoms with Gasteiger partial charge >= 0.3 is 5.97 Å². The molecule has 0 aliphatic rings. The Balaban J connectivity index is 2.21. The maximum absolute atomic E-state index is 10.5. The number of hydrogen-bond donors (Lipinski definition) is 1. The SMILES string of the molecule is O=C(O)CCc1nccc(-c2ccc(Br)cc2)n1. The molecule has 2 aromatic rings. The number of halogens is 1. The van der Waals surface area contributed by atoms with E-state index in [4.69, 9.17) is 5.11 Å². The van der Waals surface area contributed by atoms with E-state index in [1.54, 1.807) is 6.20 Å². The summed E-state index contributed by atoms with van der Waals surface area (Å²) in [4.78, 5) is 18.9. The minimum Gasteiger partial charge on any atom is -0.481 e. The van der Waals surface area contributed by atoms with Crippen LogP contribution < -0.4 is 0 Å². The molecule has 0 unspecified atom stereocenters. The van der Waals surface area contributed by atoms with Crippen molar-refractivity contribution in [1.29, 1.82) is 0 Å². The van der Waals surface area contributed by atoms with Gasteiger partial charge in [-0.25, -0.2) is 9.97 Å². The Morgan fingerprint density at radius 1 is 1.22 bits per heavy atom. The number of benzene rings is 1. The van der Waals surface area contributed by atoms with Crippen molar-refractivity contribution in [1.82, 2.24) is 9.97 Å². The monoisotopic (exact) mass is 306 g/mol. The predicted molar refractivity (Wildman–Crippen MR) is 71.1 cm³/mol.